The van der Waals surface area contributed by atoms with Crippen molar-refractivity contribution in [2.45, 2.75) is 6.54 Å². The number of ether oxygens (including phenoxy) is 1. The minimum Gasteiger partial charge on any atom is -0.490 e. The van der Waals surface area contributed by atoms with Crippen molar-refractivity contribution in [2.24, 2.45) is 0 Å². The lowest BCUT2D eigenvalue weighted by atomic mass is 10.1. The van der Waals surface area contributed by atoms with Gasteiger partial charge in [-0.15, -0.1) is 11.3 Å². The van der Waals surface area contributed by atoms with E-state index in [1.54, 1.807) is 24.3 Å². The van der Waals surface area contributed by atoms with E-state index in [2.05, 4.69) is 4.98 Å². The third-order valence-electron chi connectivity index (χ3n) is 4.14. The van der Waals surface area contributed by atoms with Crippen LogP contribution in [0.3, 0.4) is 0 Å². The van der Waals surface area contributed by atoms with Crippen LogP contribution in [-0.2, 0) is 6.54 Å². The molecule has 4 nitrogen and oxygen atoms in total. The first kappa shape index (κ1) is 17.7. The van der Waals surface area contributed by atoms with Gasteiger partial charge in [0.25, 0.3) is 5.56 Å². The molecule has 2 heterocycles. The van der Waals surface area contributed by atoms with Gasteiger partial charge in [0.2, 0.25) is 0 Å². The quantitative estimate of drug-likeness (QED) is 0.473. The molecule has 7 heteroatoms. The molecule has 0 aliphatic heterocycles. The van der Waals surface area contributed by atoms with Gasteiger partial charge >= 0.3 is 0 Å². The molecular formula is C20H14ClFN2O2S. The second-order valence-corrected chi connectivity index (χ2v) is 7.12. The Hall–Kier alpha value is -2.70. The van der Waals surface area contributed by atoms with Crippen LogP contribution in [0.4, 0.5) is 4.39 Å². The molecule has 0 N–H and O–H groups in total. The number of aromatic nitrogens is 2. The molecule has 0 saturated heterocycles. The van der Waals surface area contributed by atoms with Crippen molar-refractivity contribution >= 4 is 33.2 Å². The smallest absolute Gasteiger partial charge is 0.262 e. The molecule has 0 bridgehead atoms. The molecule has 2 aromatic carbocycles. The molecule has 136 valence electrons. The molecule has 0 aliphatic carbocycles. The number of rotatable bonds is 5. The molecule has 4 aromatic rings. The first-order valence-corrected chi connectivity index (χ1v) is 9.49. The van der Waals surface area contributed by atoms with Crippen LogP contribution in [0.25, 0.3) is 21.3 Å². The molecule has 0 saturated carbocycles. The van der Waals surface area contributed by atoms with Crippen molar-refractivity contribution in [1.29, 1.82) is 0 Å². The second-order valence-electron chi connectivity index (χ2n) is 5.86. The van der Waals surface area contributed by atoms with E-state index in [9.17, 15) is 9.18 Å². The maximum Gasteiger partial charge on any atom is 0.262 e. The topological polar surface area (TPSA) is 44.1 Å². The number of fused-ring (bicyclic) bond motifs is 1. The fraction of sp³-hybridized carbons (Fsp3) is 0.100. The Kier molecular flexibility index (Phi) is 4.92. The number of para-hydroxylation sites is 1. The summed E-state index contributed by atoms with van der Waals surface area (Å²) in [7, 11) is 0. The zero-order valence-corrected chi connectivity index (χ0v) is 15.6. The lowest BCUT2D eigenvalue weighted by Crippen LogP contribution is -2.23. The SMILES string of the molecule is O=c1c2c(-c3ccc(F)cc3)csc2ncn1CCOc1ccccc1Cl. The summed E-state index contributed by atoms with van der Waals surface area (Å²) in [5, 5.41) is 2.93. The molecule has 0 fully saturated rings. The highest BCUT2D eigenvalue weighted by Crippen LogP contribution is 2.30. The Morgan fingerprint density at radius 2 is 1.93 bits per heavy atom. The molecule has 0 spiro atoms. The Bertz CT molecular complexity index is 1150. The zero-order valence-electron chi connectivity index (χ0n) is 14.1. The molecule has 2 aromatic heterocycles. The van der Waals surface area contributed by atoms with Crippen molar-refractivity contribution < 1.29 is 9.13 Å². The van der Waals surface area contributed by atoms with Crippen LogP contribution < -0.4 is 10.3 Å². The minimum absolute atomic E-state index is 0.150. The first-order chi connectivity index (χ1) is 13.1. The standard InChI is InChI=1S/C20H14ClFN2O2S/c21-16-3-1-2-4-17(16)26-10-9-24-12-23-19-18(20(24)25)15(11-27-19)13-5-7-14(22)8-6-13/h1-8,11-12H,9-10H2. The molecule has 27 heavy (non-hydrogen) atoms. The van der Waals surface area contributed by atoms with Crippen LogP contribution in [0.15, 0.2) is 65.0 Å². The van der Waals surface area contributed by atoms with Gasteiger partial charge in [-0.25, -0.2) is 9.37 Å². The van der Waals surface area contributed by atoms with Gasteiger partial charge in [-0.05, 0) is 29.8 Å². The predicted octanol–water partition coefficient (Wildman–Crippen LogP) is 5.00. The third kappa shape index (κ3) is 3.59. The highest BCUT2D eigenvalue weighted by Gasteiger charge is 2.13. The summed E-state index contributed by atoms with van der Waals surface area (Å²) in [6, 6.07) is 13.3. The molecule has 0 radical (unpaired) electrons. The van der Waals surface area contributed by atoms with E-state index in [1.807, 2.05) is 17.5 Å². The third-order valence-corrected chi connectivity index (χ3v) is 5.34. The first-order valence-electron chi connectivity index (χ1n) is 8.23. The van der Waals surface area contributed by atoms with Crippen LogP contribution >= 0.6 is 22.9 Å². The maximum absolute atomic E-state index is 13.2. The Balaban J connectivity index is 1.62. The Morgan fingerprint density at radius 3 is 2.70 bits per heavy atom. The van der Waals surface area contributed by atoms with Crippen molar-refractivity contribution in [1.82, 2.24) is 9.55 Å². The van der Waals surface area contributed by atoms with Gasteiger partial charge in [0.1, 0.15) is 23.0 Å². The predicted molar refractivity (Wildman–Crippen MR) is 106 cm³/mol. The number of hydrogen-bond acceptors (Lipinski definition) is 4. The van der Waals surface area contributed by atoms with Crippen LogP contribution in [0.5, 0.6) is 5.75 Å². The van der Waals surface area contributed by atoms with E-state index in [-0.39, 0.29) is 18.0 Å². The fourth-order valence-corrected chi connectivity index (χ4v) is 3.88. The fourth-order valence-electron chi connectivity index (χ4n) is 2.78. The molecule has 0 atom stereocenters. The summed E-state index contributed by atoms with van der Waals surface area (Å²) >= 11 is 7.46. The van der Waals surface area contributed by atoms with E-state index < -0.39 is 0 Å². The lowest BCUT2D eigenvalue weighted by molar-refractivity contribution is 0.296. The van der Waals surface area contributed by atoms with E-state index in [4.69, 9.17) is 16.3 Å². The number of hydrogen-bond donors (Lipinski definition) is 0. The Labute approximate surface area is 163 Å². The maximum atomic E-state index is 13.2. The molecular weight excluding hydrogens is 387 g/mol. The zero-order chi connectivity index (χ0) is 18.8. The summed E-state index contributed by atoms with van der Waals surface area (Å²) in [6.07, 6.45) is 1.52. The van der Waals surface area contributed by atoms with E-state index in [0.717, 1.165) is 11.1 Å². The highest BCUT2D eigenvalue weighted by molar-refractivity contribution is 7.17. The monoisotopic (exact) mass is 400 g/mol. The minimum atomic E-state index is -0.314. The molecule has 0 amide bonds. The summed E-state index contributed by atoms with van der Waals surface area (Å²) in [6.45, 7) is 0.624. The molecule has 4 rings (SSSR count). The number of thiophene rings is 1. The normalized spacial score (nSPS) is 11.0. The van der Waals surface area contributed by atoms with Gasteiger partial charge in [-0.1, -0.05) is 35.9 Å². The second kappa shape index (κ2) is 7.50. The summed E-state index contributed by atoms with van der Waals surface area (Å²) < 4.78 is 20.4. The summed E-state index contributed by atoms with van der Waals surface area (Å²) in [5.74, 6) is 0.259. The number of nitrogens with zero attached hydrogens (tertiary/aromatic N) is 2. The van der Waals surface area contributed by atoms with Gasteiger partial charge in [-0.3, -0.25) is 9.36 Å². The van der Waals surface area contributed by atoms with Gasteiger partial charge in [-0.2, -0.15) is 0 Å². The van der Waals surface area contributed by atoms with Crippen molar-refractivity contribution in [3.05, 3.63) is 81.4 Å². The highest BCUT2D eigenvalue weighted by atomic mass is 35.5. The van der Waals surface area contributed by atoms with E-state index in [1.165, 1.54) is 34.4 Å². The van der Waals surface area contributed by atoms with Crippen LogP contribution in [0.1, 0.15) is 0 Å². The van der Waals surface area contributed by atoms with E-state index in [0.29, 0.717) is 27.5 Å². The molecule has 0 aliphatic rings. The molecule has 0 unspecified atom stereocenters. The van der Waals surface area contributed by atoms with Crippen LogP contribution in [0.2, 0.25) is 5.02 Å². The summed E-state index contributed by atoms with van der Waals surface area (Å²) in [4.78, 5) is 18.0. The Morgan fingerprint density at radius 1 is 1.15 bits per heavy atom. The largest absolute Gasteiger partial charge is 0.490 e. The van der Waals surface area contributed by atoms with Crippen molar-refractivity contribution in [2.75, 3.05) is 6.61 Å². The van der Waals surface area contributed by atoms with Gasteiger partial charge < -0.3 is 4.74 Å². The van der Waals surface area contributed by atoms with Gasteiger partial charge in [0.05, 0.1) is 23.3 Å². The van der Waals surface area contributed by atoms with Gasteiger partial charge in [0.15, 0.2) is 0 Å². The van der Waals surface area contributed by atoms with Crippen molar-refractivity contribution in [3.8, 4) is 16.9 Å². The lowest BCUT2D eigenvalue weighted by Gasteiger charge is -2.09. The van der Waals surface area contributed by atoms with Crippen LogP contribution in [-0.4, -0.2) is 16.2 Å². The van der Waals surface area contributed by atoms with Gasteiger partial charge in [0, 0.05) is 10.9 Å². The number of halogens is 2. The summed E-state index contributed by atoms with van der Waals surface area (Å²) in [5.41, 5.74) is 1.39. The number of benzene rings is 2. The van der Waals surface area contributed by atoms with E-state index >= 15 is 0 Å². The van der Waals surface area contributed by atoms with Crippen molar-refractivity contribution in [3.63, 3.8) is 0 Å². The average molecular weight is 401 g/mol. The average Bonchev–Trinajstić information content (AvgIpc) is 3.11. The van der Waals surface area contributed by atoms with Crippen LogP contribution in [0, 0.1) is 5.82 Å².